The number of benzene rings is 3. The Morgan fingerprint density at radius 3 is 2.26 bits per heavy atom. The first-order chi connectivity index (χ1) is 11.1. The molecule has 23 heavy (non-hydrogen) atoms. The van der Waals surface area contributed by atoms with Gasteiger partial charge >= 0.3 is 0 Å². The summed E-state index contributed by atoms with van der Waals surface area (Å²) in [5.74, 6) is 0.735. The van der Waals surface area contributed by atoms with Crippen LogP contribution in [0.1, 0.15) is 0 Å². The fourth-order valence-corrected chi connectivity index (χ4v) is 4.07. The van der Waals surface area contributed by atoms with Crippen LogP contribution in [-0.4, -0.2) is 15.1 Å². The SMILES string of the molecule is Oc1ccc(O)c(-c2cccc3c2P(O)Oc2ccccc2-3)c1. The largest absolute Gasteiger partial charge is 0.508 e. The van der Waals surface area contributed by atoms with Crippen molar-refractivity contribution in [2.75, 3.05) is 0 Å². The fourth-order valence-electron chi connectivity index (χ4n) is 2.83. The number of phenolic OH excluding ortho intramolecular Hbond substituents is 2. The number of aromatic hydroxyl groups is 2. The van der Waals surface area contributed by atoms with Gasteiger partial charge in [0.15, 0.2) is 0 Å². The molecule has 1 unspecified atom stereocenters. The monoisotopic (exact) mass is 324 g/mol. The molecule has 4 rings (SSSR count). The van der Waals surface area contributed by atoms with E-state index in [4.69, 9.17) is 4.52 Å². The fraction of sp³-hybridized carbons (Fsp3) is 0. The summed E-state index contributed by atoms with van der Waals surface area (Å²) in [6.07, 6.45) is 0. The van der Waals surface area contributed by atoms with E-state index in [9.17, 15) is 15.1 Å². The summed E-state index contributed by atoms with van der Waals surface area (Å²) >= 11 is 0. The summed E-state index contributed by atoms with van der Waals surface area (Å²) < 4.78 is 5.67. The quantitative estimate of drug-likeness (QED) is 0.471. The van der Waals surface area contributed by atoms with Crippen molar-refractivity contribution in [3.63, 3.8) is 0 Å². The Kier molecular flexibility index (Phi) is 3.22. The third kappa shape index (κ3) is 2.24. The first-order valence-corrected chi connectivity index (χ1v) is 8.28. The highest BCUT2D eigenvalue weighted by molar-refractivity contribution is 7.56. The van der Waals surface area contributed by atoms with Crippen LogP contribution in [0.25, 0.3) is 22.3 Å². The van der Waals surface area contributed by atoms with Gasteiger partial charge in [0.25, 0.3) is 8.38 Å². The van der Waals surface area contributed by atoms with Gasteiger partial charge < -0.3 is 19.6 Å². The first-order valence-electron chi connectivity index (χ1n) is 7.07. The molecular formula is C18H13O4P. The van der Waals surface area contributed by atoms with Crippen LogP contribution >= 0.6 is 8.38 Å². The van der Waals surface area contributed by atoms with Crippen LogP contribution in [0.15, 0.2) is 60.7 Å². The molecule has 3 aromatic rings. The van der Waals surface area contributed by atoms with Crippen molar-refractivity contribution in [2.24, 2.45) is 0 Å². The Hall–Kier alpha value is -2.55. The molecule has 0 saturated heterocycles. The lowest BCUT2D eigenvalue weighted by Crippen LogP contribution is -2.16. The van der Waals surface area contributed by atoms with E-state index in [1.165, 1.54) is 18.2 Å². The van der Waals surface area contributed by atoms with E-state index in [-0.39, 0.29) is 11.5 Å². The molecule has 1 atom stereocenters. The van der Waals surface area contributed by atoms with Gasteiger partial charge in [-0.15, -0.1) is 0 Å². The second kappa shape index (κ2) is 5.27. The zero-order valence-corrected chi connectivity index (χ0v) is 12.9. The summed E-state index contributed by atoms with van der Waals surface area (Å²) in [4.78, 5) is 10.5. The Balaban J connectivity index is 2.01. The van der Waals surface area contributed by atoms with Crippen LogP contribution in [0, 0.1) is 0 Å². The number of rotatable bonds is 1. The molecule has 0 spiro atoms. The lowest BCUT2D eigenvalue weighted by atomic mass is 9.97. The first kappa shape index (κ1) is 14.1. The van der Waals surface area contributed by atoms with Gasteiger partial charge in [0, 0.05) is 11.1 Å². The van der Waals surface area contributed by atoms with E-state index >= 15 is 0 Å². The van der Waals surface area contributed by atoms with Crippen LogP contribution in [0.5, 0.6) is 17.2 Å². The highest BCUT2D eigenvalue weighted by Crippen LogP contribution is 2.49. The smallest absolute Gasteiger partial charge is 0.263 e. The molecule has 0 radical (unpaired) electrons. The Morgan fingerprint density at radius 2 is 1.43 bits per heavy atom. The third-order valence-corrected chi connectivity index (χ3v) is 5.09. The molecule has 0 fully saturated rings. The Labute approximate surface area is 134 Å². The summed E-state index contributed by atoms with van der Waals surface area (Å²) in [7, 11) is -1.85. The molecule has 3 aromatic carbocycles. The maximum absolute atomic E-state index is 10.5. The van der Waals surface area contributed by atoms with Crippen LogP contribution < -0.4 is 9.83 Å². The minimum atomic E-state index is -1.85. The van der Waals surface area contributed by atoms with E-state index in [2.05, 4.69) is 0 Å². The van der Waals surface area contributed by atoms with Crippen molar-refractivity contribution >= 4 is 13.7 Å². The molecule has 0 amide bonds. The average molecular weight is 324 g/mol. The zero-order chi connectivity index (χ0) is 16.0. The second-order valence-electron chi connectivity index (χ2n) is 5.26. The number of hydrogen-bond acceptors (Lipinski definition) is 4. The maximum Gasteiger partial charge on any atom is 0.263 e. The number of phenols is 2. The summed E-state index contributed by atoms with van der Waals surface area (Å²) in [5.41, 5.74) is 2.89. The normalized spacial score (nSPS) is 15.4. The summed E-state index contributed by atoms with van der Waals surface area (Å²) in [6, 6.07) is 17.4. The van der Waals surface area contributed by atoms with E-state index in [0.717, 1.165) is 11.1 Å². The summed E-state index contributed by atoms with van der Waals surface area (Å²) in [5, 5.41) is 20.5. The number of hydrogen-bond donors (Lipinski definition) is 3. The van der Waals surface area contributed by atoms with Gasteiger partial charge in [-0.3, -0.25) is 0 Å². The summed E-state index contributed by atoms with van der Waals surface area (Å²) in [6.45, 7) is 0. The maximum atomic E-state index is 10.5. The molecule has 1 heterocycles. The molecule has 4 nitrogen and oxygen atoms in total. The Bertz CT molecular complexity index is 907. The van der Waals surface area contributed by atoms with Crippen molar-refractivity contribution in [1.82, 2.24) is 0 Å². The average Bonchev–Trinajstić information content (AvgIpc) is 2.57. The minimum Gasteiger partial charge on any atom is -0.508 e. The molecule has 0 bridgehead atoms. The molecule has 1 aliphatic heterocycles. The number of fused-ring (bicyclic) bond motifs is 3. The van der Waals surface area contributed by atoms with Crippen LogP contribution in [0.2, 0.25) is 0 Å². The molecular weight excluding hydrogens is 311 g/mol. The molecule has 5 heteroatoms. The molecule has 0 saturated carbocycles. The van der Waals surface area contributed by atoms with Gasteiger partial charge in [-0.05, 0) is 35.4 Å². The van der Waals surface area contributed by atoms with Crippen LogP contribution in [0.4, 0.5) is 0 Å². The van der Waals surface area contributed by atoms with E-state index in [1.807, 2.05) is 36.4 Å². The van der Waals surface area contributed by atoms with E-state index in [0.29, 0.717) is 22.2 Å². The van der Waals surface area contributed by atoms with Gasteiger partial charge in [0.05, 0.1) is 5.30 Å². The van der Waals surface area contributed by atoms with Gasteiger partial charge in [-0.25, -0.2) is 0 Å². The van der Waals surface area contributed by atoms with Crippen LogP contribution in [0.3, 0.4) is 0 Å². The molecule has 114 valence electrons. The zero-order valence-electron chi connectivity index (χ0n) is 12.0. The topological polar surface area (TPSA) is 69.9 Å². The van der Waals surface area contributed by atoms with Crippen LogP contribution in [-0.2, 0) is 0 Å². The van der Waals surface area contributed by atoms with Crippen molar-refractivity contribution in [2.45, 2.75) is 0 Å². The van der Waals surface area contributed by atoms with Crippen molar-refractivity contribution in [3.05, 3.63) is 60.7 Å². The molecule has 1 aliphatic rings. The van der Waals surface area contributed by atoms with Crippen molar-refractivity contribution < 1.29 is 19.6 Å². The lowest BCUT2D eigenvalue weighted by Gasteiger charge is -2.26. The van der Waals surface area contributed by atoms with Crippen molar-refractivity contribution in [3.8, 4) is 39.5 Å². The number of para-hydroxylation sites is 1. The van der Waals surface area contributed by atoms with E-state index < -0.39 is 8.38 Å². The highest BCUT2D eigenvalue weighted by atomic mass is 31.2. The highest BCUT2D eigenvalue weighted by Gasteiger charge is 2.29. The Morgan fingerprint density at radius 1 is 0.739 bits per heavy atom. The second-order valence-corrected chi connectivity index (χ2v) is 6.44. The molecule has 0 aromatic heterocycles. The molecule has 0 aliphatic carbocycles. The van der Waals surface area contributed by atoms with Gasteiger partial charge in [0.1, 0.15) is 17.2 Å². The van der Waals surface area contributed by atoms with Crippen molar-refractivity contribution in [1.29, 1.82) is 0 Å². The predicted molar refractivity (Wildman–Crippen MR) is 90.0 cm³/mol. The van der Waals surface area contributed by atoms with Gasteiger partial charge in [-0.2, -0.15) is 0 Å². The minimum absolute atomic E-state index is 0.0402. The standard InChI is InChI=1S/C18H13O4P/c19-11-8-9-16(20)15(10-11)14-6-3-5-13-12-4-1-2-7-17(12)22-23(21)18(13)14/h1-10,19-21H. The predicted octanol–water partition coefficient (Wildman–Crippen LogP) is 3.75. The third-order valence-electron chi connectivity index (χ3n) is 3.86. The van der Waals surface area contributed by atoms with Gasteiger partial charge in [-0.1, -0.05) is 36.4 Å². The van der Waals surface area contributed by atoms with Gasteiger partial charge in [0.2, 0.25) is 0 Å². The molecule has 3 N–H and O–H groups in total. The van der Waals surface area contributed by atoms with E-state index in [1.54, 1.807) is 6.07 Å². The lowest BCUT2D eigenvalue weighted by molar-refractivity contribution is 0.462.